The summed E-state index contributed by atoms with van der Waals surface area (Å²) in [5, 5.41) is 1.11. The van der Waals surface area contributed by atoms with E-state index < -0.39 is 36.1 Å². The summed E-state index contributed by atoms with van der Waals surface area (Å²) in [4.78, 5) is 28.6. The largest absolute Gasteiger partial charge is 0.497 e. The smallest absolute Gasteiger partial charge is 0.333 e. The first kappa shape index (κ1) is 30.0. The Morgan fingerprint density at radius 2 is 1.73 bits per heavy atom. The first-order valence-corrected chi connectivity index (χ1v) is 17.9. The van der Waals surface area contributed by atoms with Gasteiger partial charge in [0, 0.05) is 5.41 Å². The van der Waals surface area contributed by atoms with Crippen LogP contribution >= 0.6 is 0 Å². The predicted molar refractivity (Wildman–Crippen MR) is 155 cm³/mol. The highest BCUT2D eigenvalue weighted by Gasteiger charge is 2.61. The van der Waals surface area contributed by atoms with Crippen molar-refractivity contribution in [1.82, 2.24) is 4.90 Å². The monoisotopic (exact) mass is 585 g/mol. The molecule has 0 radical (unpaired) electrons. The van der Waals surface area contributed by atoms with Crippen LogP contribution in [0, 0.1) is 5.92 Å². The van der Waals surface area contributed by atoms with Crippen LogP contribution in [0.2, 0.25) is 18.1 Å². The summed E-state index contributed by atoms with van der Waals surface area (Å²) in [6, 6.07) is 13.7. The second-order valence-corrected chi connectivity index (χ2v) is 18.6. The number of β-lactam (4-membered cyclic amide) rings is 1. The van der Waals surface area contributed by atoms with E-state index in [1.165, 1.54) is 17.0 Å². The Bertz CT molecular complexity index is 1380. The molecule has 10 heteroatoms. The van der Waals surface area contributed by atoms with Crippen LogP contribution in [0.3, 0.4) is 0 Å². The van der Waals surface area contributed by atoms with Gasteiger partial charge in [-0.1, -0.05) is 51.1 Å². The first-order chi connectivity index (χ1) is 18.7. The standard InChI is InChI=1S/C30H39NO7SSi/c1-20(38-40(6,7)30(2,3)4)26-25-17-22(19-39(34,35)24-11-9-8-10-12-24)27(31(25)28(26)32)29(33)37-18-21-13-15-23(36-5)16-14-21/h8-16,19-20,25-27H,17-18H2,1-7H3/b22-19-/t20-,25-,26-,27+/m1/s1. The van der Waals surface area contributed by atoms with Gasteiger partial charge in [0.25, 0.3) is 0 Å². The average Bonchev–Trinajstić information content (AvgIpc) is 3.20. The summed E-state index contributed by atoms with van der Waals surface area (Å²) in [5.74, 6) is -0.659. The molecule has 0 aliphatic carbocycles. The lowest BCUT2D eigenvalue weighted by molar-refractivity contribution is -0.171. The third kappa shape index (κ3) is 5.89. The number of fused-ring (bicyclic) bond motifs is 1. The SMILES string of the molecule is COc1ccc(COC(=O)[C@@H]2/C(=C\S(=O)(=O)c3ccccc3)C[C@@H]3[C@@H]([C@@H](C)O[Si](C)(C)C(C)(C)C)C(=O)N23)cc1. The molecule has 1 amide bonds. The Labute approximate surface area is 238 Å². The number of benzene rings is 2. The van der Waals surface area contributed by atoms with E-state index >= 15 is 0 Å². The van der Waals surface area contributed by atoms with E-state index in [0.29, 0.717) is 11.3 Å². The van der Waals surface area contributed by atoms with Crippen LogP contribution in [0.15, 0.2) is 70.5 Å². The van der Waals surface area contributed by atoms with Crippen LogP contribution in [0.5, 0.6) is 5.75 Å². The summed E-state index contributed by atoms with van der Waals surface area (Å²) in [5.41, 5.74) is 1.10. The van der Waals surface area contributed by atoms with Gasteiger partial charge in [0.15, 0.2) is 24.2 Å². The normalized spacial score (nSPS) is 23.0. The van der Waals surface area contributed by atoms with Crippen LogP contribution in [-0.2, 0) is 35.2 Å². The molecule has 0 bridgehead atoms. The van der Waals surface area contributed by atoms with E-state index in [1.807, 2.05) is 6.92 Å². The third-order valence-corrected chi connectivity index (χ3v) is 14.4. The lowest BCUT2D eigenvalue weighted by atomic mass is 9.84. The van der Waals surface area contributed by atoms with E-state index in [4.69, 9.17) is 13.9 Å². The number of sulfone groups is 1. The summed E-state index contributed by atoms with van der Waals surface area (Å²) in [7, 11) is -4.45. The molecule has 2 aromatic carbocycles. The van der Waals surface area contributed by atoms with Gasteiger partial charge in [-0.25, -0.2) is 13.2 Å². The summed E-state index contributed by atoms with van der Waals surface area (Å²) in [6.07, 6.45) is -0.105. The van der Waals surface area contributed by atoms with Crippen LogP contribution in [0.25, 0.3) is 0 Å². The topological polar surface area (TPSA) is 99.2 Å². The molecule has 2 aromatic rings. The molecule has 0 aromatic heterocycles. The van der Waals surface area contributed by atoms with Gasteiger partial charge >= 0.3 is 5.97 Å². The van der Waals surface area contributed by atoms with Gasteiger partial charge < -0.3 is 18.8 Å². The Balaban J connectivity index is 1.61. The van der Waals surface area contributed by atoms with Crippen molar-refractivity contribution in [2.75, 3.05) is 7.11 Å². The number of amides is 1. The Kier molecular flexibility index (Phi) is 8.36. The molecule has 4 rings (SSSR count). The van der Waals surface area contributed by atoms with E-state index in [-0.39, 0.29) is 41.0 Å². The molecule has 2 fully saturated rings. The molecule has 0 unspecified atom stereocenters. The van der Waals surface area contributed by atoms with E-state index in [9.17, 15) is 18.0 Å². The molecule has 0 spiro atoms. The number of esters is 1. The molecule has 0 N–H and O–H groups in total. The maximum absolute atomic E-state index is 13.5. The molecule has 2 heterocycles. The number of methoxy groups -OCH3 is 1. The maximum Gasteiger partial charge on any atom is 0.333 e. The number of hydrogen-bond acceptors (Lipinski definition) is 7. The van der Waals surface area contributed by atoms with Gasteiger partial charge in [-0.3, -0.25) is 4.79 Å². The van der Waals surface area contributed by atoms with Crippen molar-refractivity contribution < 1.29 is 31.9 Å². The Morgan fingerprint density at radius 3 is 2.30 bits per heavy atom. The molecular formula is C30H39NO7SSi. The number of carbonyl (C=O) groups excluding carboxylic acids is 2. The molecule has 0 saturated carbocycles. The van der Waals surface area contributed by atoms with Crippen molar-refractivity contribution in [3.8, 4) is 5.75 Å². The zero-order chi connectivity index (χ0) is 29.5. The van der Waals surface area contributed by atoms with Crippen LogP contribution < -0.4 is 4.74 Å². The number of nitrogens with zero attached hydrogens (tertiary/aromatic N) is 1. The fourth-order valence-corrected chi connectivity index (χ4v) is 7.83. The van der Waals surface area contributed by atoms with E-state index in [0.717, 1.165) is 11.0 Å². The van der Waals surface area contributed by atoms with Gasteiger partial charge in [-0.2, -0.15) is 0 Å². The van der Waals surface area contributed by atoms with E-state index in [2.05, 4.69) is 33.9 Å². The molecule has 2 saturated heterocycles. The number of hydrogen-bond donors (Lipinski definition) is 0. The van der Waals surface area contributed by atoms with Gasteiger partial charge in [0.2, 0.25) is 5.91 Å². The van der Waals surface area contributed by atoms with Crippen LogP contribution in [0.1, 0.15) is 39.7 Å². The van der Waals surface area contributed by atoms with Crippen molar-refractivity contribution in [2.24, 2.45) is 5.92 Å². The summed E-state index contributed by atoms with van der Waals surface area (Å²) < 4.78 is 43.9. The lowest BCUT2D eigenvalue weighted by Gasteiger charge is -2.49. The number of carbonyl (C=O) groups is 2. The maximum atomic E-state index is 13.5. The predicted octanol–water partition coefficient (Wildman–Crippen LogP) is 5.11. The van der Waals surface area contributed by atoms with Crippen molar-refractivity contribution in [2.45, 2.75) is 81.9 Å². The molecular weight excluding hydrogens is 546 g/mol. The van der Waals surface area contributed by atoms with Gasteiger partial charge in [-0.15, -0.1) is 0 Å². The third-order valence-electron chi connectivity index (χ3n) is 8.32. The highest BCUT2D eigenvalue weighted by molar-refractivity contribution is 7.94. The second kappa shape index (κ2) is 11.1. The number of rotatable bonds is 9. The summed E-state index contributed by atoms with van der Waals surface area (Å²) in [6.45, 7) is 12.6. The average molecular weight is 586 g/mol. The van der Waals surface area contributed by atoms with Crippen molar-refractivity contribution >= 4 is 30.0 Å². The lowest BCUT2D eigenvalue weighted by Crippen LogP contribution is -2.66. The minimum absolute atomic E-state index is 0.0148. The van der Waals surface area contributed by atoms with Crippen LogP contribution in [0.4, 0.5) is 0 Å². The Hall–Kier alpha value is -2.95. The fraction of sp³-hybridized carbons (Fsp3) is 0.467. The Morgan fingerprint density at radius 1 is 1.10 bits per heavy atom. The van der Waals surface area contributed by atoms with Gasteiger partial charge in [0.1, 0.15) is 12.4 Å². The van der Waals surface area contributed by atoms with Crippen molar-refractivity contribution in [3.05, 3.63) is 71.1 Å². The molecule has 2 aliphatic rings. The second-order valence-electron chi connectivity index (χ2n) is 12.0. The zero-order valence-corrected chi connectivity index (χ0v) is 26.0. The zero-order valence-electron chi connectivity index (χ0n) is 24.2. The van der Waals surface area contributed by atoms with Gasteiger partial charge in [-0.05, 0) is 66.9 Å². The highest BCUT2D eigenvalue weighted by atomic mass is 32.2. The molecule has 40 heavy (non-hydrogen) atoms. The molecule has 216 valence electrons. The van der Waals surface area contributed by atoms with Crippen molar-refractivity contribution in [1.29, 1.82) is 0 Å². The molecule has 4 atom stereocenters. The molecule has 8 nitrogen and oxygen atoms in total. The summed E-state index contributed by atoms with van der Waals surface area (Å²) >= 11 is 0. The van der Waals surface area contributed by atoms with E-state index in [1.54, 1.807) is 49.6 Å². The number of ether oxygens (including phenoxy) is 2. The molecule has 2 aliphatic heterocycles. The minimum Gasteiger partial charge on any atom is -0.497 e. The van der Waals surface area contributed by atoms with Crippen LogP contribution in [-0.4, -0.2) is 58.8 Å². The highest BCUT2D eigenvalue weighted by Crippen LogP contribution is 2.47. The fourth-order valence-electron chi connectivity index (χ4n) is 5.11. The quantitative estimate of drug-likeness (QED) is 0.229. The van der Waals surface area contributed by atoms with Crippen molar-refractivity contribution in [3.63, 3.8) is 0 Å². The minimum atomic E-state index is -3.85. The first-order valence-electron chi connectivity index (χ1n) is 13.5. The van der Waals surface area contributed by atoms with Gasteiger partial charge in [0.05, 0.1) is 30.1 Å².